The summed E-state index contributed by atoms with van der Waals surface area (Å²) >= 11 is 0. The van der Waals surface area contributed by atoms with Crippen molar-refractivity contribution in [1.82, 2.24) is 20.4 Å². The highest BCUT2D eigenvalue weighted by molar-refractivity contribution is 5.72. The highest BCUT2D eigenvalue weighted by Gasteiger charge is 2.23. The van der Waals surface area contributed by atoms with Crippen LogP contribution in [0, 0.1) is 26.7 Å². The lowest BCUT2D eigenvalue weighted by Crippen LogP contribution is -2.29. The van der Waals surface area contributed by atoms with E-state index in [0.29, 0.717) is 24.0 Å². The smallest absolute Gasteiger partial charge is 0.160 e. The van der Waals surface area contributed by atoms with Crippen molar-refractivity contribution in [2.45, 2.75) is 46.1 Å². The van der Waals surface area contributed by atoms with Gasteiger partial charge in [-0.3, -0.25) is 0 Å². The van der Waals surface area contributed by atoms with E-state index in [0.717, 1.165) is 77.7 Å². The summed E-state index contributed by atoms with van der Waals surface area (Å²) in [5, 5.41) is 20.4. The van der Waals surface area contributed by atoms with Gasteiger partial charge in [0.15, 0.2) is 5.82 Å². The van der Waals surface area contributed by atoms with E-state index in [4.69, 9.17) is 24.0 Å². The number of ether oxygens (including phenoxy) is 2. The molecule has 1 aromatic carbocycles. The third-order valence-electron chi connectivity index (χ3n) is 6.68. The van der Waals surface area contributed by atoms with Gasteiger partial charge in [-0.15, -0.1) is 0 Å². The second kappa shape index (κ2) is 11.8. The molecule has 3 N–H and O–H groups in total. The van der Waals surface area contributed by atoms with E-state index in [2.05, 4.69) is 22.7 Å². The van der Waals surface area contributed by atoms with Crippen molar-refractivity contribution in [3.63, 3.8) is 0 Å². The minimum atomic E-state index is -0.607. The van der Waals surface area contributed by atoms with Gasteiger partial charge in [-0.1, -0.05) is 5.16 Å². The van der Waals surface area contributed by atoms with Crippen molar-refractivity contribution >= 4 is 5.69 Å². The molecule has 194 valence electrons. The van der Waals surface area contributed by atoms with E-state index in [1.165, 1.54) is 0 Å². The summed E-state index contributed by atoms with van der Waals surface area (Å²) in [6, 6.07) is 5.84. The molecular formula is C27H37N5O4. The highest BCUT2D eigenvalue weighted by Crippen LogP contribution is 2.34. The number of hydrogen-bond donors (Lipinski definition) is 3. The van der Waals surface area contributed by atoms with E-state index < -0.39 is 6.10 Å². The first-order chi connectivity index (χ1) is 17.4. The van der Waals surface area contributed by atoms with Gasteiger partial charge in [0, 0.05) is 49.8 Å². The van der Waals surface area contributed by atoms with Gasteiger partial charge in [0.05, 0.1) is 17.0 Å². The van der Waals surface area contributed by atoms with Gasteiger partial charge in [-0.05, 0) is 70.7 Å². The Balaban J connectivity index is 1.77. The topological polar surface area (TPSA) is 115 Å². The van der Waals surface area contributed by atoms with Gasteiger partial charge >= 0.3 is 0 Å². The molecule has 4 rings (SSSR count). The second-order valence-corrected chi connectivity index (χ2v) is 9.45. The number of anilines is 1. The quantitative estimate of drug-likeness (QED) is 0.387. The molecule has 3 aromatic rings. The molecule has 0 aliphatic carbocycles. The predicted molar refractivity (Wildman–Crippen MR) is 139 cm³/mol. The molecule has 9 heteroatoms. The van der Waals surface area contributed by atoms with Crippen LogP contribution < -0.4 is 15.4 Å². The van der Waals surface area contributed by atoms with E-state index >= 15 is 0 Å². The van der Waals surface area contributed by atoms with Gasteiger partial charge in [0.25, 0.3) is 0 Å². The first kappa shape index (κ1) is 26.1. The standard InChI is InChI=1S/C27H37N5O4/c1-16-24(10-19-6-8-34-9-7-19)30-27(31-26(16)25-17(2)32-36-18(25)3)20-11-21(29-5)13-23(12-20)35-15-22(33)14-28-4/h11-13,19,22,28-29,33H,6-10,14-15H2,1-5H3. The highest BCUT2D eigenvalue weighted by atomic mass is 16.5. The summed E-state index contributed by atoms with van der Waals surface area (Å²) in [5.74, 6) is 2.52. The molecule has 3 heterocycles. The molecule has 0 saturated carbocycles. The summed E-state index contributed by atoms with van der Waals surface area (Å²) in [6.45, 7) is 8.16. The van der Waals surface area contributed by atoms with Crippen LogP contribution in [0.1, 0.15) is 35.6 Å². The van der Waals surface area contributed by atoms with Crippen LogP contribution in [0.15, 0.2) is 22.7 Å². The minimum Gasteiger partial charge on any atom is -0.491 e. The lowest BCUT2D eigenvalue weighted by Gasteiger charge is -2.23. The minimum absolute atomic E-state index is 0.182. The Morgan fingerprint density at radius 2 is 1.89 bits per heavy atom. The first-order valence-electron chi connectivity index (χ1n) is 12.6. The fraction of sp³-hybridized carbons (Fsp3) is 0.519. The van der Waals surface area contributed by atoms with E-state index in [1.54, 1.807) is 7.05 Å². The van der Waals surface area contributed by atoms with Crippen LogP contribution in [-0.4, -0.2) is 66.8 Å². The predicted octanol–water partition coefficient (Wildman–Crippen LogP) is 3.69. The molecule has 0 spiro atoms. The maximum atomic E-state index is 10.1. The second-order valence-electron chi connectivity index (χ2n) is 9.45. The maximum Gasteiger partial charge on any atom is 0.160 e. The molecule has 1 aliphatic rings. The van der Waals surface area contributed by atoms with Crippen LogP contribution in [0.25, 0.3) is 22.6 Å². The van der Waals surface area contributed by atoms with Crippen LogP contribution in [0.4, 0.5) is 5.69 Å². The SMILES string of the molecule is CNCC(O)COc1cc(NC)cc(-c2nc(CC3CCOCC3)c(C)c(-c3c(C)noc3C)n2)c1. The van der Waals surface area contributed by atoms with Crippen molar-refractivity contribution in [2.75, 3.05) is 45.8 Å². The average Bonchev–Trinajstić information content (AvgIpc) is 3.22. The zero-order valence-electron chi connectivity index (χ0n) is 21.9. The van der Waals surface area contributed by atoms with Crippen molar-refractivity contribution in [2.24, 2.45) is 5.92 Å². The van der Waals surface area contributed by atoms with Crippen LogP contribution in [0.3, 0.4) is 0 Å². The number of hydrogen-bond acceptors (Lipinski definition) is 9. The maximum absolute atomic E-state index is 10.1. The average molecular weight is 496 g/mol. The molecule has 1 atom stereocenters. The Morgan fingerprint density at radius 3 is 2.56 bits per heavy atom. The van der Waals surface area contributed by atoms with E-state index in [1.807, 2.05) is 39.1 Å². The lowest BCUT2D eigenvalue weighted by atomic mass is 9.92. The normalized spacial score (nSPS) is 15.2. The van der Waals surface area contributed by atoms with Gasteiger partial charge < -0.3 is 29.7 Å². The number of aliphatic hydroxyl groups is 1. The molecule has 1 saturated heterocycles. The molecule has 36 heavy (non-hydrogen) atoms. The van der Waals surface area contributed by atoms with Crippen molar-refractivity contribution in [3.05, 3.63) is 40.9 Å². The zero-order valence-corrected chi connectivity index (χ0v) is 21.9. The first-order valence-corrected chi connectivity index (χ1v) is 12.6. The van der Waals surface area contributed by atoms with Crippen LogP contribution in [0.2, 0.25) is 0 Å². The fourth-order valence-corrected chi connectivity index (χ4v) is 4.62. The fourth-order valence-electron chi connectivity index (χ4n) is 4.62. The Morgan fingerprint density at radius 1 is 1.11 bits per heavy atom. The van der Waals surface area contributed by atoms with E-state index in [9.17, 15) is 5.11 Å². The molecule has 0 radical (unpaired) electrons. The molecule has 1 fully saturated rings. The number of rotatable bonds is 10. The summed E-state index contributed by atoms with van der Waals surface area (Å²) < 4.78 is 17.0. The van der Waals surface area contributed by atoms with Gasteiger partial charge in [-0.25, -0.2) is 9.97 Å². The van der Waals surface area contributed by atoms with Gasteiger partial charge in [0.1, 0.15) is 24.2 Å². The van der Waals surface area contributed by atoms with Gasteiger partial charge in [0.2, 0.25) is 0 Å². The summed E-state index contributed by atoms with van der Waals surface area (Å²) in [6.07, 6.45) is 2.32. The number of likely N-dealkylation sites (N-methyl/N-ethyl adjacent to an activating group) is 1. The monoisotopic (exact) mass is 495 g/mol. The Hall–Kier alpha value is -3.01. The molecule has 0 amide bonds. The Bertz CT molecular complexity index is 1150. The van der Waals surface area contributed by atoms with Crippen LogP contribution >= 0.6 is 0 Å². The summed E-state index contributed by atoms with van der Waals surface area (Å²) in [5.41, 5.74) is 6.37. The number of aromatic nitrogens is 3. The Kier molecular flexibility index (Phi) is 8.56. The number of aliphatic hydroxyl groups excluding tert-OH is 1. The largest absolute Gasteiger partial charge is 0.491 e. The summed E-state index contributed by atoms with van der Waals surface area (Å²) in [7, 11) is 3.66. The van der Waals surface area contributed by atoms with Crippen LogP contribution in [0.5, 0.6) is 5.75 Å². The van der Waals surface area contributed by atoms with Crippen LogP contribution in [-0.2, 0) is 11.2 Å². The molecule has 1 aliphatic heterocycles. The van der Waals surface area contributed by atoms with Crippen molar-refractivity contribution in [1.29, 1.82) is 0 Å². The van der Waals surface area contributed by atoms with Crippen molar-refractivity contribution in [3.8, 4) is 28.4 Å². The lowest BCUT2D eigenvalue weighted by molar-refractivity contribution is 0.0662. The van der Waals surface area contributed by atoms with Gasteiger partial charge in [-0.2, -0.15) is 0 Å². The van der Waals surface area contributed by atoms with Crippen molar-refractivity contribution < 1.29 is 19.1 Å². The zero-order chi connectivity index (χ0) is 25.7. The summed E-state index contributed by atoms with van der Waals surface area (Å²) in [4.78, 5) is 10.1. The third-order valence-corrected chi connectivity index (χ3v) is 6.68. The molecule has 9 nitrogen and oxygen atoms in total. The number of nitrogens with zero attached hydrogens (tertiary/aromatic N) is 3. The third kappa shape index (κ3) is 6.03. The van der Waals surface area contributed by atoms with E-state index in [-0.39, 0.29) is 6.61 Å². The Labute approximate surface area is 212 Å². The number of nitrogens with one attached hydrogen (secondary N) is 2. The number of benzene rings is 1. The molecule has 1 unspecified atom stereocenters. The number of aryl methyl sites for hydroxylation is 2. The molecule has 0 bridgehead atoms. The molecular weight excluding hydrogens is 458 g/mol. The molecule has 2 aromatic heterocycles.